The van der Waals surface area contributed by atoms with Gasteiger partial charge in [0.15, 0.2) is 5.96 Å². The molecule has 2 rings (SSSR count). The van der Waals surface area contributed by atoms with Crippen LogP contribution in [0.1, 0.15) is 28.1 Å². The van der Waals surface area contributed by atoms with Gasteiger partial charge in [0, 0.05) is 31.9 Å². The number of aromatic nitrogens is 2. The highest BCUT2D eigenvalue weighted by molar-refractivity contribution is 14.0. The predicted molar refractivity (Wildman–Crippen MR) is 118 cm³/mol. The molecule has 0 radical (unpaired) electrons. The zero-order valence-corrected chi connectivity index (χ0v) is 18.8. The third-order valence-corrected chi connectivity index (χ3v) is 4.17. The van der Waals surface area contributed by atoms with Gasteiger partial charge in [-0.2, -0.15) is 5.10 Å². The summed E-state index contributed by atoms with van der Waals surface area (Å²) in [6, 6.07) is 6.24. The first-order valence-corrected chi connectivity index (χ1v) is 8.55. The zero-order valence-electron chi connectivity index (χ0n) is 16.5. The lowest BCUT2D eigenvalue weighted by Crippen LogP contribution is -2.39. The van der Waals surface area contributed by atoms with Crippen molar-refractivity contribution in [2.75, 3.05) is 20.2 Å². The monoisotopic (exact) mass is 471 g/mol. The van der Waals surface area contributed by atoms with Gasteiger partial charge in [-0.05, 0) is 51.0 Å². The summed E-state index contributed by atoms with van der Waals surface area (Å²) >= 11 is 0. The Balaban J connectivity index is 0.00000338. The Hall–Kier alpha value is -1.77. The SMILES string of the molecule is CN=C(NCCOc1cc(C)cc(C)c1)NCc1c(C)nn(C)c1C.I. The number of rotatable bonds is 6. The van der Waals surface area contributed by atoms with E-state index in [-0.39, 0.29) is 24.0 Å². The van der Waals surface area contributed by atoms with Gasteiger partial charge in [-0.25, -0.2) is 0 Å². The smallest absolute Gasteiger partial charge is 0.191 e. The number of hydrogen-bond acceptors (Lipinski definition) is 3. The molecule has 144 valence electrons. The summed E-state index contributed by atoms with van der Waals surface area (Å²) in [5.41, 5.74) is 5.84. The minimum Gasteiger partial charge on any atom is -0.492 e. The van der Waals surface area contributed by atoms with Crippen LogP contribution in [0.15, 0.2) is 23.2 Å². The first-order valence-electron chi connectivity index (χ1n) is 8.55. The molecule has 2 aromatic rings. The fraction of sp³-hybridized carbons (Fsp3) is 0.474. The van der Waals surface area contributed by atoms with Gasteiger partial charge < -0.3 is 15.4 Å². The normalized spacial score (nSPS) is 11.1. The summed E-state index contributed by atoms with van der Waals surface area (Å²) in [6.07, 6.45) is 0. The van der Waals surface area contributed by atoms with Crippen molar-refractivity contribution in [2.24, 2.45) is 12.0 Å². The van der Waals surface area contributed by atoms with Crippen molar-refractivity contribution in [3.8, 4) is 5.75 Å². The average Bonchev–Trinajstić information content (AvgIpc) is 2.79. The van der Waals surface area contributed by atoms with E-state index in [0.29, 0.717) is 19.7 Å². The highest BCUT2D eigenvalue weighted by atomic mass is 127. The summed E-state index contributed by atoms with van der Waals surface area (Å²) in [5, 5.41) is 11.0. The summed E-state index contributed by atoms with van der Waals surface area (Å²) in [4.78, 5) is 4.25. The molecule has 1 aromatic carbocycles. The highest BCUT2D eigenvalue weighted by Gasteiger charge is 2.09. The quantitative estimate of drug-likeness (QED) is 0.294. The second kappa shape index (κ2) is 10.4. The van der Waals surface area contributed by atoms with Crippen molar-refractivity contribution in [3.63, 3.8) is 0 Å². The molecular weight excluding hydrogens is 441 g/mol. The molecule has 7 heteroatoms. The first-order chi connectivity index (χ1) is 11.9. The molecule has 0 spiro atoms. The highest BCUT2D eigenvalue weighted by Crippen LogP contribution is 2.15. The molecule has 0 aliphatic rings. The van der Waals surface area contributed by atoms with Crippen molar-refractivity contribution in [2.45, 2.75) is 34.2 Å². The van der Waals surface area contributed by atoms with Crippen LogP contribution in [0.25, 0.3) is 0 Å². The second-order valence-electron chi connectivity index (χ2n) is 6.30. The average molecular weight is 471 g/mol. The van der Waals surface area contributed by atoms with E-state index in [9.17, 15) is 0 Å². The van der Waals surface area contributed by atoms with Crippen LogP contribution >= 0.6 is 24.0 Å². The molecule has 0 saturated carbocycles. The van der Waals surface area contributed by atoms with Crippen LogP contribution < -0.4 is 15.4 Å². The van der Waals surface area contributed by atoms with Crippen molar-refractivity contribution in [1.82, 2.24) is 20.4 Å². The van der Waals surface area contributed by atoms with Crippen LogP contribution in [-0.4, -0.2) is 35.9 Å². The van der Waals surface area contributed by atoms with E-state index < -0.39 is 0 Å². The van der Waals surface area contributed by atoms with E-state index in [0.717, 1.165) is 17.4 Å². The molecule has 1 heterocycles. The Morgan fingerprint density at radius 1 is 1.12 bits per heavy atom. The molecule has 0 atom stereocenters. The fourth-order valence-corrected chi connectivity index (χ4v) is 2.82. The standard InChI is InChI=1S/C19H29N5O.HI/c1-13-9-14(2)11-17(10-13)25-8-7-21-19(20-5)22-12-18-15(3)23-24(6)16(18)4;/h9-11H,7-8,12H2,1-6H3,(H2,20,21,22);1H. The van der Waals surface area contributed by atoms with E-state index in [1.54, 1.807) is 7.05 Å². The molecule has 6 nitrogen and oxygen atoms in total. The number of guanidine groups is 1. The number of ether oxygens (including phenoxy) is 1. The van der Waals surface area contributed by atoms with Crippen LogP contribution in [0.2, 0.25) is 0 Å². The minimum absolute atomic E-state index is 0. The summed E-state index contributed by atoms with van der Waals surface area (Å²) < 4.78 is 7.71. The summed E-state index contributed by atoms with van der Waals surface area (Å²) in [5.74, 6) is 1.66. The van der Waals surface area contributed by atoms with Gasteiger partial charge in [-0.1, -0.05) is 6.07 Å². The minimum atomic E-state index is 0. The van der Waals surface area contributed by atoms with E-state index in [2.05, 4.69) is 47.6 Å². The van der Waals surface area contributed by atoms with Crippen LogP contribution in [0, 0.1) is 27.7 Å². The lowest BCUT2D eigenvalue weighted by atomic mass is 10.1. The molecule has 0 unspecified atom stereocenters. The predicted octanol–water partition coefficient (Wildman–Crippen LogP) is 3.02. The number of nitrogens with one attached hydrogen (secondary N) is 2. The molecular formula is C19H30IN5O. The van der Waals surface area contributed by atoms with Gasteiger partial charge in [0.25, 0.3) is 0 Å². The Kier molecular flexibility index (Phi) is 8.91. The Bertz CT molecular complexity index is 734. The van der Waals surface area contributed by atoms with Gasteiger partial charge >= 0.3 is 0 Å². The molecule has 0 aliphatic carbocycles. The number of aliphatic imine (C=N–C) groups is 1. The van der Waals surface area contributed by atoms with E-state index in [1.807, 2.05) is 30.8 Å². The lowest BCUT2D eigenvalue weighted by Gasteiger charge is -2.13. The first kappa shape index (κ1) is 22.3. The lowest BCUT2D eigenvalue weighted by molar-refractivity contribution is 0.321. The van der Waals surface area contributed by atoms with Gasteiger partial charge in [-0.3, -0.25) is 9.67 Å². The Morgan fingerprint density at radius 3 is 2.31 bits per heavy atom. The molecule has 2 N–H and O–H groups in total. The van der Waals surface area contributed by atoms with E-state index in [1.165, 1.54) is 22.4 Å². The summed E-state index contributed by atoms with van der Waals surface area (Å²) in [6.45, 7) is 10.2. The molecule has 0 aliphatic heterocycles. The topological polar surface area (TPSA) is 63.5 Å². The van der Waals surface area contributed by atoms with Crippen molar-refractivity contribution in [1.29, 1.82) is 0 Å². The number of benzene rings is 1. The number of hydrogen-bond donors (Lipinski definition) is 2. The molecule has 0 fully saturated rings. The van der Waals surface area contributed by atoms with Gasteiger partial charge in [0.2, 0.25) is 0 Å². The van der Waals surface area contributed by atoms with E-state index >= 15 is 0 Å². The summed E-state index contributed by atoms with van der Waals surface area (Å²) in [7, 11) is 3.73. The number of nitrogens with zero attached hydrogens (tertiary/aromatic N) is 3. The third kappa shape index (κ3) is 6.19. The van der Waals surface area contributed by atoms with Crippen molar-refractivity contribution >= 4 is 29.9 Å². The zero-order chi connectivity index (χ0) is 18.4. The molecule has 1 aromatic heterocycles. The van der Waals surface area contributed by atoms with Crippen LogP contribution in [-0.2, 0) is 13.6 Å². The molecule has 0 saturated heterocycles. The van der Waals surface area contributed by atoms with Gasteiger partial charge in [0.1, 0.15) is 12.4 Å². The second-order valence-corrected chi connectivity index (χ2v) is 6.30. The largest absolute Gasteiger partial charge is 0.492 e. The maximum Gasteiger partial charge on any atom is 0.191 e. The van der Waals surface area contributed by atoms with Crippen LogP contribution in [0.5, 0.6) is 5.75 Å². The Labute approximate surface area is 173 Å². The maximum absolute atomic E-state index is 5.81. The molecule has 26 heavy (non-hydrogen) atoms. The Morgan fingerprint density at radius 2 is 1.77 bits per heavy atom. The van der Waals surface area contributed by atoms with Crippen molar-refractivity contribution < 1.29 is 4.74 Å². The maximum atomic E-state index is 5.81. The third-order valence-electron chi connectivity index (χ3n) is 4.17. The number of halogens is 1. The van der Waals surface area contributed by atoms with Crippen molar-refractivity contribution in [3.05, 3.63) is 46.3 Å². The van der Waals surface area contributed by atoms with Crippen LogP contribution in [0.4, 0.5) is 0 Å². The molecule has 0 amide bonds. The van der Waals surface area contributed by atoms with Gasteiger partial charge in [0.05, 0.1) is 12.2 Å². The molecule has 0 bridgehead atoms. The van der Waals surface area contributed by atoms with Crippen LogP contribution in [0.3, 0.4) is 0 Å². The fourth-order valence-electron chi connectivity index (χ4n) is 2.82. The van der Waals surface area contributed by atoms with Gasteiger partial charge in [-0.15, -0.1) is 24.0 Å². The number of aryl methyl sites for hydroxylation is 4. The van der Waals surface area contributed by atoms with E-state index in [4.69, 9.17) is 4.74 Å².